The van der Waals surface area contributed by atoms with E-state index in [-0.39, 0.29) is 6.03 Å². The summed E-state index contributed by atoms with van der Waals surface area (Å²) in [7, 11) is 6.98. The first kappa shape index (κ1) is 16.7. The largest absolute Gasteiger partial charge is 0.497 e. The van der Waals surface area contributed by atoms with Gasteiger partial charge in [-0.2, -0.15) is 0 Å². The third-order valence-electron chi connectivity index (χ3n) is 2.47. The Morgan fingerprint density at radius 3 is 2.29 bits per heavy atom. The van der Waals surface area contributed by atoms with Crippen molar-refractivity contribution in [1.82, 2.24) is 10.2 Å². The summed E-state index contributed by atoms with van der Waals surface area (Å²) in [4.78, 5) is 13.7. The minimum absolute atomic E-state index is 0.292. The van der Waals surface area contributed by atoms with Gasteiger partial charge in [-0.25, -0.2) is 4.79 Å². The van der Waals surface area contributed by atoms with E-state index in [1.807, 2.05) is 19.0 Å². The Labute approximate surface area is 125 Å². The van der Waals surface area contributed by atoms with Crippen molar-refractivity contribution >= 4 is 11.7 Å². The standard InChI is InChI=1S/C15H21N3O3/c1-18(2)8-6-5-7-16-15(19)17-12-9-13(20-3)11-14(10-12)21-4/h9-11H,7-8H2,1-4H3,(H2,16,17,19). The van der Waals surface area contributed by atoms with E-state index >= 15 is 0 Å². The molecule has 0 spiro atoms. The molecule has 0 aliphatic heterocycles. The van der Waals surface area contributed by atoms with Gasteiger partial charge in [-0.1, -0.05) is 11.8 Å². The molecule has 2 amide bonds. The SMILES string of the molecule is COc1cc(NC(=O)NCC#CCN(C)C)cc(OC)c1. The fourth-order valence-electron chi connectivity index (χ4n) is 1.46. The van der Waals surface area contributed by atoms with Crippen LogP contribution in [-0.4, -0.2) is 52.3 Å². The second-order valence-corrected chi connectivity index (χ2v) is 4.50. The molecule has 114 valence electrons. The molecular formula is C15H21N3O3. The molecule has 0 fully saturated rings. The van der Waals surface area contributed by atoms with Crippen LogP contribution in [0.3, 0.4) is 0 Å². The molecule has 0 atom stereocenters. The number of carbonyl (C=O) groups is 1. The normalized spacial score (nSPS) is 9.57. The van der Waals surface area contributed by atoms with Crippen molar-refractivity contribution in [3.8, 4) is 23.3 Å². The number of benzene rings is 1. The molecule has 21 heavy (non-hydrogen) atoms. The molecule has 0 saturated carbocycles. The van der Waals surface area contributed by atoms with E-state index in [0.29, 0.717) is 30.3 Å². The Bertz CT molecular complexity index is 510. The topological polar surface area (TPSA) is 62.8 Å². The number of carbonyl (C=O) groups excluding carboxylic acids is 1. The van der Waals surface area contributed by atoms with E-state index in [1.54, 1.807) is 32.4 Å². The molecule has 1 aromatic carbocycles. The van der Waals surface area contributed by atoms with Gasteiger partial charge >= 0.3 is 6.03 Å². The van der Waals surface area contributed by atoms with Crippen molar-refractivity contribution in [3.63, 3.8) is 0 Å². The molecular weight excluding hydrogens is 270 g/mol. The number of urea groups is 1. The van der Waals surface area contributed by atoms with Crippen molar-refractivity contribution in [2.45, 2.75) is 0 Å². The fraction of sp³-hybridized carbons (Fsp3) is 0.400. The van der Waals surface area contributed by atoms with Crippen molar-refractivity contribution in [1.29, 1.82) is 0 Å². The molecule has 6 heteroatoms. The Morgan fingerprint density at radius 2 is 1.76 bits per heavy atom. The van der Waals surface area contributed by atoms with Crippen LogP contribution in [0.4, 0.5) is 10.5 Å². The Balaban J connectivity index is 2.52. The summed E-state index contributed by atoms with van der Waals surface area (Å²) >= 11 is 0. The van der Waals surface area contributed by atoms with Crippen LogP contribution in [0.1, 0.15) is 0 Å². The molecule has 1 rings (SSSR count). The third-order valence-corrected chi connectivity index (χ3v) is 2.47. The lowest BCUT2D eigenvalue weighted by Gasteiger charge is -2.09. The van der Waals surface area contributed by atoms with Crippen molar-refractivity contribution < 1.29 is 14.3 Å². The lowest BCUT2D eigenvalue weighted by Crippen LogP contribution is -2.29. The molecule has 0 aromatic heterocycles. The first-order valence-electron chi connectivity index (χ1n) is 6.43. The second kappa shape index (κ2) is 8.72. The van der Waals surface area contributed by atoms with Gasteiger partial charge in [0.25, 0.3) is 0 Å². The van der Waals surface area contributed by atoms with E-state index in [0.717, 1.165) is 0 Å². The molecule has 0 aliphatic carbocycles. The van der Waals surface area contributed by atoms with Crippen molar-refractivity contribution in [2.24, 2.45) is 0 Å². The van der Waals surface area contributed by atoms with E-state index in [9.17, 15) is 4.79 Å². The molecule has 0 aliphatic rings. The first-order valence-corrected chi connectivity index (χ1v) is 6.43. The van der Waals surface area contributed by atoms with Gasteiger partial charge in [0.15, 0.2) is 0 Å². The van der Waals surface area contributed by atoms with E-state index < -0.39 is 0 Å². The fourth-order valence-corrected chi connectivity index (χ4v) is 1.46. The maximum atomic E-state index is 11.7. The molecule has 0 saturated heterocycles. The van der Waals surface area contributed by atoms with Crippen LogP contribution in [0, 0.1) is 11.8 Å². The molecule has 2 N–H and O–H groups in total. The van der Waals surface area contributed by atoms with Crippen LogP contribution in [0.15, 0.2) is 18.2 Å². The Kier molecular flexibility index (Phi) is 6.92. The summed E-state index contributed by atoms with van der Waals surface area (Å²) in [6, 6.07) is 4.82. The zero-order valence-corrected chi connectivity index (χ0v) is 12.8. The predicted octanol–water partition coefficient (Wildman–Crippen LogP) is 1.39. The average Bonchev–Trinajstić information content (AvgIpc) is 2.46. The summed E-state index contributed by atoms with van der Waals surface area (Å²) in [5.41, 5.74) is 0.588. The number of methoxy groups -OCH3 is 2. The van der Waals surface area contributed by atoms with Gasteiger partial charge in [0.05, 0.1) is 27.3 Å². The summed E-state index contributed by atoms with van der Waals surface area (Å²) in [6.45, 7) is 0.956. The smallest absolute Gasteiger partial charge is 0.319 e. The molecule has 0 unspecified atom stereocenters. The van der Waals surface area contributed by atoms with Crippen LogP contribution in [0.5, 0.6) is 11.5 Å². The van der Waals surface area contributed by atoms with E-state index in [4.69, 9.17) is 9.47 Å². The van der Waals surface area contributed by atoms with Crippen molar-refractivity contribution in [3.05, 3.63) is 18.2 Å². The number of nitrogens with one attached hydrogen (secondary N) is 2. The van der Waals surface area contributed by atoms with Gasteiger partial charge in [-0.05, 0) is 14.1 Å². The number of anilines is 1. The number of ether oxygens (including phenoxy) is 2. The monoisotopic (exact) mass is 291 g/mol. The summed E-state index contributed by atoms with van der Waals surface area (Å²) in [5.74, 6) is 7.01. The van der Waals surface area contributed by atoms with Crippen LogP contribution >= 0.6 is 0 Å². The Hall–Kier alpha value is -2.39. The quantitative estimate of drug-likeness (QED) is 0.805. The van der Waals surface area contributed by atoms with Crippen LogP contribution in [-0.2, 0) is 0 Å². The minimum atomic E-state index is -0.329. The third kappa shape index (κ3) is 6.54. The van der Waals surface area contributed by atoms with Gasteiger partial charge in [0.2, 0.25) is 0 Å². The molecule has 0 radical (unpaired) electrons. The lowest BCUT2D eigenvalue weighted by atomic mass is 10.3. The van der Waals surface area contributed by atoms with Crippen molar-refractivity contribution in [2.75, 3.05) is 46.7 Å². The van der Waals surface area contributed by atoms with Crippen LogP contribution in [0.25, 0.3) is 0 Å². The summed E-state index contributed by atoms with van der Waals surface area (Å²) < 4.78 is 10.3. The second-order valence-electron chi connectivity index (χ2n) is 4.50. The highest BCUT2D eigenvalue weighted by Gasteiger charge is 2.05. The maximum Gasteiger partial charge on any atom is 0.319 e. The number of hydrogen-bond donors (Lipinski definition) is 2. The maximum absolute atomic E-state index is 11.7. The average molecular weight is 291 g/mol. The van der Waals surface area contributed by atoms with Gasteiger partial charge in [0, 0.05) is 23.9 Å². The van der Waals surface area contributed by atoms with Gasteiger partial charge < -0.3 is 20.1 Å². The first-order chi connectivity index (χ1) is 10.0. The lowest BCUT2D eigenvalue weighted by molar-refractivity contribution is 0.253. The zero-order valence-electron chi connectivity index (χ0n) is 12.8. The van der Waals surface area contributed by atoms with Crippen LogP contribution < -0.4 is 20.1 Å². The minimum Gasteiger partial charge on any atom is -0.497 e. The highest BCUT2D eigenvalue weighted by molar-refractivity contribution is 5.89. The van der Waals surface area contributed by atoms with Gasteiger partial charge in [0.1, 0.15) is 11.5 Å². The molecule has 1 aromatic rings. The summed E-state index contributed by atoms with van der Waals surface area (Å²) in [5, 5.41) is 5.36. The van der Waals surface area contributed by atoms with E-state index in [2.05, 4.69) is 22.5 Å². The molecule has 6 nitrogen and oxygen atoms in total. The highest BCUT2D eigenvalue weighted by atomic mass is 16.5. The predicted molar refractivity (Wildman–Crippen MR) is 82.9 cm³/mol. The number of hydrogen-bond acceptors (Lipinski definition) is 4. The van der Waals surface area contributed by atoms with Gasteiger partial charge in [-0.15, -0.1) is 0 Å². The Morgan fingerprint density at radius 1 is 1.14 bits per heavy atom. The molecule has 0 heterocycles. The number of nitrogens with zero attached hydrogens (tertiary/aromatic N) is 1. The van der Waals surface area contributed by atoms with E-state index in [1.165, 1.54) is 0 Å². The number of rotatable bonds is 5. The number of amides is 2. The zero-order chi connectivity index (χ0) is 15.7. The van der Waals surface area contributed by atoms with Gasteiger partial charge in [-0.3, -0.25) is 4.90 Å². The molecule has 0 bridgehead atoms. The van der Waals surface area contributed by atoms with Crippen LogP contribution in [0.2, 0.25) is 0 Å². The highest BCUT2D eigenvalue weighted by Crippen LogP contribution is 2.25. The summed E-state index contributed by atoms with van der Waals surface area (Å²) in [6.07, 6.45) is 0.